The molecule has 0 bridgehead atoms. The zero-order chi connectivity index (χ0) is 14.7. The maximum absolute atomic E-state index is 11.6. The van der Waals surface area contributed by atoms with E-state index >= 15 is 0 Å². The maximum Gasteiger partial charge on any atom is 0.351 e. The number of anilines is 1. The van der Waals surface area contributed by atoms with Gasteiger partial charge in [-0.05, 0) is 0 Å². The van der Waals surface area contributed by atoms with Gasteiger partial charge in [-0.2, -0.15) is 0 Å². The Kier molecular flexibility index (Phi) is 4.82. The third-order valence-corrected chi connectivity index (χ3v) is 4.63. The first kappa shape index (κ1) is 15.1. The number of esters is 1. The molecule has 1 aromatic heterocycles. The van der Waals surface area contributed by atoms with E-state index in [4.69, 9.17) is 11.6 Å². The van der Waals surface area contributed by atoms with Crippen LogP contribution in [0.25, 0.3) is 0 Å². The first-order chi connectivity index (χ1) is 9.56. The fraction of sp³-hybridized carbons (Fsp3) is 0.583. The van der Waals surface area contributed by atoms with Gasteiger partial charge in [-0.1, -0.05) is 29.9 Å². The molecule has 8 heteroatoms. The van der Waals surface area contributed by atoms with E-state index in [2.05, 4.69) is 9.72 Å². The molecule has 1 fully saturated rings. The van der Waals surface area contributed by atoms with E-state index in [1.54, 1.807) is 0 Å². The van der Waals surface area contributed by atoms with Gasteiger partial charge in [0.15, 0.2) is 15.2 Å². The molecule has 1 aliphatic heterocycles. The standard InChI is InChI=1S/C12H16ClN3O3S/c1-3-8(17)15-4-6-16(7-5-15)12-14-10(13)9(20-12)11(18)19-2/h3-7H2,1-2H3. The van der Waals surface area contributed by atoms with Crippen LogP contribution in [0.15, 0.2) is 0 Å². The number of aromatic nitrogens is 1. The van der Waals surface area contributed by atoms with Gasteiger partial charge in [-0.3, -0.25) is 4.79 Å². The van der Waals surface area contributed by atoms with Crippen molar-refractivity contribution in [2.75, 3.05) is 38.2 Å². The van der Waals surface area contributed by atoms with Gasteiger partial charge < -0.3 is 14.5 Å². The predicted octanol–water partition coefficient (Wildman–Crippen LogP) is 1.64. The van der Waals surface area contributed by atoms with Crippen LogP contribution in [0.2, 0.25) is 5.15 Å². The second-order valence-corrected chi connectivity index (χ2v) is 5.66. The summed E-state index contributed by atoms with van der Waals surface area (Å²) in [7, 11) is 1.31. The molecular formula is C12H16ClN3O3S. The van der Waals surface area contributed by atoms with Crippen molar-refractivity contribution in [3.63, 3.8) is 0 Å². The number of nitrogens with zero attached hydrogens (tertiary/aromatic N) is 3. The molecule has 6 nitrogen and oxygen atoms in total. The number of piperazine rings is 1. The molecule has 0 aromatic carbocycles. The molecule has 1 aliphatic rings. The fourth-order valence-electron chi connectivity index (χ4n) is 2.02. The summed E-state index contributed by atoms with van der Waals surface area (Å²) in [5, 5.41) is 0.864. The number of methoxy groups -OCH3 is 1. The minimum absolute atomic E-state index is 0.164. The lowest BCUT2D eigenvalue weighted by Gasteiger charge is -2.34. The van der Waals surface area contributed by atoms with Gasteiger partial charge in [0, 0.05) is 32.6 Å². The topological polar surface area (TPSA) is 62.7 Å². The Morgan fingerprint density at radius 1 is 1.35 bits per heavy atom. The first-order valence-corrected chi connectivity index (χ1v) is 7.53. The van der Waals surface area contributed by atoms with Crippen LogP contribution in [-0.4, -0.2) is 55.0 Å². The number of halogens is 1. The molecule has 20 heavy (non-hydrogen) atoms. The van der Waals surface area contributed by atoms with Gasteiger partial charge in [-0.25, -0.2) is 9.78 Å². The third kappa shape index (κ3) is 3.04. The highest BCUT2D eigenvalue weighted by atomic mass is 35.5. The molecule has 0 atom stereocenters. The van der Waals surface area contributed by atoms with Gasteiger partial charge in [-0.15, -0.1) is 0 Å². The van der Waals surface area contributed by atoms with E-state index in [1.807, 2.05) is 16.7 Å². The molecule has 1 saturated heterocycles. The average molecular weight is 318 g/mol. The summed E-state index contributed by atoms with van der Waals surface area (Å²) in [5.41, 5.74) is 0. The minimum Gasteiger partial charge on any atom is -0.465 e. The highest BCUT2D eigenvalue weighted by molar-refractivity contribution is 7.18. The Hall–Kier alpha value is -1.34. The molecule has 0 aliphatic carbocycles. The van der Waals surface area contributed by atoms with Crippen molar-refractivity contribution in [3.05, 3.63) is 10.0 Å². The van der Waals surface area contributed by atoms with Gasteiger partial charge >= 0.3 is 5.97 Å². The predicted molar refractivity (Wildman–Crippen MR) is 77.5 cm³/mol. The molecule has 2 rings (SSSR count). The van der Waals surface area contributed by atoms with E-state index in [9.17, 15) is 9.59 Å². The molecule has 0 radical (unpaired) electrons. The first-order valence-electron chi connectivity index (χ1n) is 6.34. The average Bonchev–Trinajstić information content (AvgIpc) is 2.87. The summed E-state index contributed by atoms with van der Waals surface area (Å²) in [5.74, 6) is -0.310. The van der Waals surface area contributed by atoms with E-state index in [1.165, 1.54) is 18.4 Å². The second kappa shape index (κ2) is 6.41. The van der Waals surface area contributed by atoms with Crippen molar-refractivity contribution in [1.82, 2.24) is 9.88 Å². The fourth-order valence-corrected chi connectivity index (χ4v) is 3.27. The third-order valence-electron chi connectivity index (χ3n) is 3.15. The van der Waals surface area contributed by atoms with Crippen molar-refractivity contribution >= 4 is 39.9 Å². The Labute approximate surface area is 126 Å². The van der Waals surface area contributed by atoms with Crippen molar-refractivity contribution in [2.45, 2.75) is 13.3 Å². The highest BCUT2D eigenvalue weighted by Gasteiger charge is 2.25. The lowest BCUT2D eigenvalue weighted by Crippen LogP contribution is -2.48. The van der Waals surface area contributed by atoms with Gasteiger partial charge in [0.05, 0.1) is 7.11 Å². The number of amides is 1. The maximum atomic E-state index is 11.6. The molecule has 0 saturated carbocycles. The molecule has 1 aromatic rings. The Morgan fingerprint density at radius 3 is 2.55 bits per heavy atom. The van der Waals surface area contributed by atoms with Crippen molar-refractivity contribution in [1.29, 1.82) is 0 Å². The molecule has 1 amide bonds. The number of rotatable bonds is 3. The number of thiazole rings is 1. The van der Waals surface area contributed by atoms with Crippen molar-refractivity contribution in [3.8, 4) is 0 Å². The summed E-state index contributed by atoms with van der Waals surface area (Å²) in [6.07, 6.45) is 0.523. The number of carbonyl (C=O) groups excluding carboxylic acids is 2. The van der Waals surface area contributed by atoms with Crippen molar-refractivity contribution in [2.24, 2.45) is 0 Å². The van der Waals surface area contributed by atoms with E-state index in [-0.39, 0.29) is 11.1 Å². The minimum atomic E-state index is -0.474. The van der Waals surface area contributed by atoms with Crippen LogP contribution in [0.3, 0.4) is 0 Å². The normalized spacial score (nSPS) is 15.3. The molecule has 0 N–H and O–H groups in total. The van der Waals surface area contributed by atoms with E-state index in [0.717, 1.165) is 0 Å². The van der Waals surface area contributed by atoms with Crippen LogP contribution >= 0.6 is 22.9 Å². The Bertz CT molecular complexity index is 512. The zero-order valence-corrected chi connectivity index (χ0v) is 13.0. The monoisotopic (exact) mass is 317 g/mol. The van der Waals surface area contributed by atoms with Gasteiger partial charge in [0.25, 0.3) is 0 Å². The SMILES string of the molecule is CCC(=O)N1CCN(c2nc(Cl)c(C(=O)OC)s2)CC1. The largest absolute Gasteiger partial charge is 0.465 e. The smallest absolute Gasteiger partial charge is 0.351 e. The zero-order valence-electron chi connectivity index (χ0n) is 11.4. The number of hydrogen-bond acceptors (Lipinski definition) is 6. The van der Waals surface area contributed by atoms with Crippen LogP contribution < -0.4 is 4.90 Å². The summed E-state index contributed by atoms with van der Waals surface area (Å²) >= 11 is 7.17. The lowest BCUT2D eigenvalue weighted by atomic mass is 10.3. The Balaban J connectivity index is 2.04. The van der Waals surface area contributed by atoms with Crippen LogP contribution in [0.1, 0.15) is 23.0 Å². The number of ether oxygens (including phenoxy) is 1. The number of carbonyl (C=O) groups is 2. The second-order valence-electron chi connectivity index (χ2n) is 4.33. The summed E-state index contributed by atoms with van der Waals surface area (Å²) in [4.78, 5) is 31.5. The summed E-state index contributed by atoms with van der Waals surface area (Å²) < 4.78 is 4.66. The van der Waals surface area contributed by atoms with Crippen LogP contribution in [0, 0.1) is 0 Å². The van der Waals surface area contributed by atoms with Crippen molar-refractivity contribution < 1.29 is 14.3 Å². The van der Waals surface area contributed by atoms with E-state index < -0.39 is 5.97 Å². The molecule has 0 spiro atoms. The highest BCUT2D eigenvalue weighted by Crippen LogP contribution is 2.30. The number of hydrogen-bond donors (Lipinski definition) is 0. The lowest BCUT2D eigenvalue weighted by molar-refractivity contribution is -0.131. The van der Waals surface area contributed by atoms with Crippen LogP contribution in [0.5, 0.6) is 0 Å². The molecule has 0 unspecified atom stereocenters. The van der Waals surface area contributed by atoms with E-state index in [0.29, 0.717) is 42.6 Å². The molecule has 2 heterocycles. The molecule has 110 valence electrons. The van der Waals surface area contributed by atoms with Crippen LogP contribution in [0.4, 0.5) is 5.13 Å². The van der Waals surface area contributed by atoms with Gasteiger partial charge in [0.1, 0.15) is 0 Å². The quantitative estimate of drug-likeness (QED) is 0.793. The van der Waals surface area contributed by atoms with Gasteiger partial charge in [0.2, 0.25) is 5.91 Å². The Morgan fingerprint density at radius 2 is 2.00 bits per heavy atom. The van der Waals surface area contributed by atoms with Crippen LogP contribution in [-0.2, 0) is 9.53 Å². The summed E-state index contributed by atoms with van der Waals surface area (Å²) in [6.45, 7) is 4.57. The molecular weight excluding hydrogens is 302 g/mol. The summed E-state index contributed by atoms with van der Waals surface area (Å²) in [6, 6.07) is 0.